The number of rotatable bonds is 15. The molecule has 0 atom stereocenters. The van der Waals surface area contributed by atoms with E-state index in [0.29, 0.717) is 28.1 Å². The molecule has 1 aliphatic carbocycles. The van der Waals surface area contributed by atoms with E-state index >= 15 is 0 Å². The number of carbonyl (C=O) groups is 1. The molecule has 0 radical (unpaired) electrons. The monoisotopic (exact) mass is 961 g/mol. The van der Waals surface area contributed by atoms with E-state index in [4.69, 9.17) is 22.1 Å². The summed E-state index contributed by atoms with van der Waals surface area (Å²) in [5, 5.41) is 27.8. The Bertz CT molecular complexity index is 2090. The summed E-state index contributed by atoms with van der Waals surface area (Å²) in [6.07, 6.45) is 3.40. The van der Waals surface area contributed by atoms with Gasteiger partial charge in [-0.1, -0.05) is 82.1 Å². The van der Waals surface area contributed by atoms with Crippen LogP contribution in [0.5, 0.6) is 0 Å². The van der Waals surface area contributed by atoms with Crippen LogP contribution in [-0.4, -0.2) is 120 Å². The highest BCUT2D eigenvalue weighted by Crippen LogP contribution is 2.43. The van der Waals surface area contributed by atoms with E-state index in [2.05, 4.69) is 76.4 Å². The molecule has 15 heteroatoms. The number of hydrogen-bond donors (Lipinski definition) is 4. The summed E-state index contributed by atoms with van der Waals surface area (Å²) in [7, 11) is 0. The van der Waals surface area contributed by atoms with Crippen molar-refractivity contribution in [2.24, 2.45) is 5.41 Å². The molecule has 4 aromatic rings. The van der Waals surface area contributed by atoms with Gasteiger partial charge in [-0.2, -0.15) is 0 Å². The topological polar surface area (TPSA) is 138 Å². The summed E-state index contributed by atoms with van der Waals surface area (Å²) in [5.41, 5.74) is 6.70. The average molecular weight is 963 g/mol. The second-order valence-corrected chi connectivity index (χ2v) is 19.8. The molecule has 2 aliphatic heterocycles. The highest BCUT2D eigenvalue weighted by atomic mass is 35.5. The van der Waals surface area contributed by atoms with E-state index in [1.54, 1.807) is 29.5 Å². The molecule has 0 spiro atoms. The van der Waals surface area contributed by atoms with Crippen molar-refractivity contribution in [3.63, 3.8) is 0 Å². The number of benzene rings is 4. The summed E-state index contributed by atoms with van der Waals surface area (Å²) < 4.78 is 2.84. The first-order valence-corrected chi connectivity index (χ1v) is 25.4. The number of amides is 1. The third kappa shape index (κ3) is 17.2. The zero-order chi connectivity index (χ0) is 48.1. The van der Waals surface area contributed by atoms with Crippen LogP contribution in [0.15, 0.2) is 112 Å². The Morgan fingerprint density at radius 1 is 0.848 bits per heavy atom. The lowest BCUT2D eigenvalue weighted by Gasteiger charge is -2.39. The summed E-state index contributed by atoms with van der Waals surface area (Å²) in [5.74, 6) is 0.520. The van der Waals surface area contributed by atoms with E-state index in [9.17, 15) is 14.9 Å². The van der Waals surface area contributed by atoms with Crippen LogP contribution in [0.25, 0.3) is 5.57 Å². The molecule has 12 nitrogen and oxygen atoms in total. The summed E-state index contributed by atoms with van der Waals surface area (Å²) >= 11 is 8.95. The van der Waals surface area contributed by atoms with Gasteiger partial charge in [-0.3, -0.25) is 39.9 Å². The van der Waals surface area contributed by atoms with E-state index in [0.717, 1.165) is 84.9 Å². The maximum absolute atomic E-state index is 13.0. The number of anilines is 2. The van der Waals surface area contributed by atoms with Crippen molar-refractivity contribution < 1.29 is 20.2 Å². The first-order chi connectivity index (χ1) is 31.9. The van der Waals surface area contributed by atoms with Gasteiger partial charge in [0.15, 0.2) is 0 Å². The van der Waals surface area contributed by atoms with Crippen LogP contribution in [0.4, 0.5) is 17.1 Å². The molecule has 360 valence electrons. The van der Waals surface area contributed by atoms with Crippen LogP contribution in [0, 0.1) is 15.5 Å². The Labute approximate surface area is 407 Å². The number of piperazine rings is 2. The number of nitro groups is 1. The third-order valence-electron chi connectivity index (χ3n) is 12.1. The van der Waals surface area contributed by atoms with Gasteiger partial charge in [0.25, 0.3) is 11.6 Å². The molecule has 0 aromatic heterocycles. The molecule has 4 aromatic carbocycles. The largest absolute Gasteiger partial charge is 0.379 e. The minimum absolute atomic E-state index is 0.0234. The van der Waals surface area contributed by atoms with E-state index < -0.39 is 4.92 Å². The number of nitrogens with one attached hydrogen (secondary N) is 2. The molecule has 0 saturated carbocycles. The fourth-order valence-electron chi connectivity index (χ4n) is 8.33. The molecule has 7 rings (SSSR count). The van der Waals surface area contributed by atoms with Gasteiger partial charge in [0.2, 0.25) is 0 Å². The fourth-order valence-corrected chi connectivity index (χ4v) is 9.88. The minimum Gasteiger partial charge on any atom is -0.379 e. The van der Waals surface area contributed by atoms with Gasteiger partial charge in [0.05, 0.1) is 4.92 Å². The van der Waals surface area contributed by atoms with Crippen molar-refractivity contribution in [2.75, 3.05) is 88.0 Å². The highest BCUT2D eigenvalue weighted by molar-refractivity contribution is 7.99. The Morgan fingerprint density at radius 2 is 1.48 bits per heavy atom. The molecule has 2 fully saturated rings. The standard InChI is InChI=1S/C40H44ClN5O3S2.C9H20N2.C2H6.H2O2/c1-40(2)19-18-36(29-8-12-32(41)13-9-29)31(27-40)28-44-21-23-45(24-22-44)33-14-10-30(11-15-33)39(47)43-51-35-16-17-37(38(26-35)46(48)49)42-20-25-50-34-6-4-3-5-7-34;1-4-10-5-7-11(8-6-10)9(2)3;2*1-2/h3-17,26,42H,18-25,27-28H2,1-2H3,(H,43,47);9H,4-8H2,1-3H3;1-2H3;1-2H. The van der Waals surface area contributed by atoms with Crippen molar-refractivity contribution >= 4 is 63.9 Å². The predicted octanol–water partition coefficient (Wildman–Crippen LogP) is 11.8. The smallest absolute Gasteiger partial charge is 0.293 e. The quantitative estimate of drug-likeness (QED) is 0.0225. The summed E-state index contributed by atoms with van der Waals surface area (Å²) in [4.78, 5) is 36.1. The maximum Gasteiger partial charge on any atom is 0.293 e. The first kappa shape index (κ1) is 54.5. The number of nitrogens with zero attached hydrogens (tertiary/aromatic N) is 5. The molecule has 1 amide bonds. The Morgan fingerprint density at radius 3 is 2.09 bits per heavy atom. The lowest BCUT2D eigenvalue weighted by atomic mass is 9.73. The minimum atomic E-state index is -0.399. The number of carbonyl (C=O) groups excluding carboxylic acids is 1. The number of thioether (sulfide) groups is 1. The molecule has 3 aliphatic rings. The van der Waals surface area contributed by atoms with Crippen LogP contribution in [-0.2, 0) is 0 Å². The Kier molecular flexibility index (Phi) is 23.3. The van der Waals surface area contributed by atoms with E-state index in [-0.39, 0.29) is 11.6 Å². The van der Waals surface area contributed by atoms with Gasteiger partial charge in [0, 0.05) is 109 Å². The van der Waals surface area contributed by atoms with Crippen LogP contribution in [0.2, 0.25) is 5.02 Å². The summed E-state index contributed by atoms with van der Waals surface area (Å²) in [6, 6.07) is 31.7. The van der Waals surface area contributed by atoms with Crippen molar-refractivity contribution in [3.8, 4) is 0 Å². The Balaban J connectivity index is 0.000000547. The fraction of sp³-hybridized carbons (Fsp3) is 0.471. The molecule has 0 unspecified atom stereocenters. The van der Waals surface area contributed by atoms with Crippen molar-refractivity contribution in [1.29, 1.82) is 0 Å². The second kappa shape index (κ2) is 28.3. The Hall–Kier alpha value is -4.12. The molecule has 0 bridgehead atoms. The maximum atomic E-state index is 13.0. The number of halogens is 1. The average Bonchev–Trinajstić information content (AvgIpc) is 3.34. The molecule has 4 N–H and O–H groups in total. The van der Waals surface area contributed by atoms with Crippen molar-refractivity contribution in [2.45, 2.75) is 83.6 Å². The lowest BCUT2D eigenvalue weighted by Crippen LogP contribution is -2.48. The molecular weight excluding hydrogens is 890 g/mol. The van der Waals surface area contributed by atoms with Gasteiger partial charge in [-0.15, -0.1) is 11.8 Å². The molecule has 2 heterocycles. The second-order valence-electron chi connectivity index (χ2n) is 17.4. The molecule has 66 heavy (non-hydrogen) atoms. The van der Waals surface area contributed by atoms with Gasteiger partial charge in [-0.05, 0) is 129 Å². The number of likely N-dealkylation sites (N-methyl/N-ethyl adjacent to an activating group) is 1. The number of hydrogen-bond acceptors (Lipinski definition) is 12. The van der Waals surface area contributed by atoms with Crippen LogP contribution >= 0.6 is 35.3 Å². The van der Waals surface area contributed by atoms with Gasteiger partial charge < -0.3 is 15.1 Å². The SMILES string of the molecule is CC.CC1(C)CCC(c2ccc(Cl)cc2)=C(CN2CCN(c3ccc(C(=O)NSc4ccc(NCCSc5ccccc5)c([N+](=O)[O-])c4)cc3)CC2)C1.CCN1CCN(C(C)C)CC1.OO. The van der Waals surface area contributed by atoms with Crippen molar-refractivity contribution in [3.05, 3.63) is 129 Å². The normalized spacial score (nSPS) is 16.5. The highest BCUT2D eigenvalue weighted by Gasteiger charge is 2.29. The zero-order valence-electron chi connectivity index (χ0n) is 40.0. The van der Waals surface area contributed by atoms with Gasteiger partial charge in [-0.25, -0.2) is 0 Å². The molecule has 2 saturated heterocycles. The first-order valence-electron chi connectivity index (χ1n) is 23.3. The number of nitro benzene ring substituents is 1. The number of allylic oxidation sites excluding steroid dienone is 1. The van der Waals surface area contributed by atoms with Crippen LogP contribution < -0.4 is 14.9 Å². The zero-order valence-corrected chi connectivity index (χ0v) is 42.4. The molecular formula is C51H72ClN7O5S2. The van der Waals surface area contributed by atoms with Crippen LogP contribution in [0.3, 0.4) is 0 Å². The van der Waals surface area contributed by atoms with E-state index in [1.807, 2.05) is 80.6 Å². The predicted molar refractivity (Wildman–Crippen MR) is 279 cm³/mol. The third-order valence-corrected chi connectivity index (χ3v) is 14.1. The van der Waals surface area contributed by atoms with Crippen LogP contribution in [0.1, 0.15) is 83.7 Å². The van der Waals surface area contributed by atoms with Gasteiger partial charge >= 0.3 is 0 Å². The summed E-state index contributed by atoms with van der Waals surface area (Å²) in [6.45, 7) is 27.2. The van der Waals surface area contributed by atoms with E-state index in [1.165, 1.54) is 56.3 Å². The lowest BCUT2D eigenvalue weighted by molar-refractivity contribution is -0.384. The van der Waals surface area contributed by atoms with Gasteiger partial charge in [0.1, 0.15) is 5.69 Å². The van der Waals surface area contributed by atoms with Crippen molar-refractivity contribution in [1.82, 2.24) is 19.4 Å².